The van der Waals surface area contributed by atoms with Gasteiger partial charge in [0, 0.05) is 5.38 Å². The smallest absolute Gasteiger partial charge is 0.407 e. The lowest BCUT2D eigenvalue weighted by atomic mass is 10.2. The molecule has 1 heterocycles. The van der Waals surface area contributed by atoms with Gasteiger partial charge in [0.05, 0.1) is 6.54 Å². The Balaban J connectivity index is 2.56. The Bertz CT molecular complexity index is 593. The maximum atomic E-state index is 11.5. The fourth-order valence-corrected chi connectivity index (χ4v) is 1.86. The molecule has 0 aliphatic heterocycles. The molecule has 0 unspecified atom stereocenters. The predicted molar refractivity (Wildman–Crippen MR) is 85.5 cm³/mol. The first-order valence-electron chi connectivity index (χ1n) is 6.74. The van der Waals surface area contributed by atoms with Gasteiger partial charge in [-0.05, 0) is 27.7 Å². The van der Waals surface area contributed by atoms with E-state index < -0.39 is 23.8 Å². The van der Waals surface area contributed by atoms with Crippen LogP contribution < -0.4 is 11.1 Å². The van der Waals surface area contributed by atoms with Crippen LogP contribution in [-0.4, -0.2) is 46.1 Å². The highest BCUT2D eigenvalue weighted by Gasteiger charge is 2.19. The number of hydrogen-bond acceptors (Lipinski definition) is 8. The first-order valence-corrected chi connectivity index (χ1v) is 7.62. The molecule has 1 aromatic rings. The van der Waals surface area contributed by atoms with Gasteiger partial charge in [-0.25, -0.2) is 14.6 Å². The van der Waals surface area contributed by atoms with Crippen molar-refractivity contribution in [3.05, 3.63) is 11.1 Å². The largest absolute Gasteiger partial charge is 0.476 e. The minimum atomic E-state index is -1.29. The number of aromatic nitrogens is 1. The molecule has 9 nitrogen and oxygen atoms in total. The molecule has 23 heavy (non-hydrogen) atoms. The molecule has 128 valence electrons. The number of anilines is 1. The van der Waals surface area contributed by atoms with E-state index in [1.165, 1.54) is 5.38 Å². The third kappa shape index (κ3) is 6.96. The molecular formula is C13H20N4O5S. The lowest BCUT2D eigenvalue weighted by Gasteiger charge is -2.20. The van der Waals surface area contributed by atoms with Crippen LogP contribution in [0.2, 0.25) is 0 Å². The number of thiazole rings is 1. The molecule has 0 spiro atoms. The summed E-state index contributed by atoms with van der Waals surface area (Å²) in [5, 5.41) is 16.9. The lowest BCUT2D eigenvalue weighted by Crippen LogP contribution is -2.36. The van der Waals surface area contributed by atoms with Crippen molar-refractivity contribution in [2.45, 2.75) is 39.4 Å². The number of aliphatic carboxylic acids is 1. The predicted octanol–water partition coefficient (Wildman–Crippen LogP) is 1.44. The van der Waals surface area contributed by atoms with Crippen LogP contribution in [0.4, 0.5) is 9.93 Å². The molecule has 0 fully saturated rings. The van der Waals surface area contributed by atoms with Crippen molar-refractivity contribution in [3.63, 3.8) is 0 Å². The van der Waals surface area contributed by atoms with Crippen molar-refractivity contribution >= 4 is 34.2 Å². The zero-order valence-electron chi connectivity index (χ0n) is 13.3. The van der Waals surface area contributed by atoms with Crippen molar-refractivity contribution in [2.75, 3.05) is 12.3 Å². The van der Waals surface area contributed by atoms with Gasteiger partial charge in [-0.2, -0.15) is 0 Å². The Hall–Kier alpha value is -2.36. The number of hydrogen-bond donors (Lipinski definition) is 3. The van der Waals surface area contributed by atoms with E-state index in [1.54, 1.807) is 27.7 Å². The minimum absolute atomic E-state index is 0.102. The number of rotatable bonds is 6. The summed E-state index contributed by atoms with van der Waals surface area (Å²) in [6.45, 7) is 6.96. The Labute approximate surface area is 137 Å². The monoisotopic (exact) mass is 344 g/mol. The quantitative estimate of drug-likeness (QED) is 0.524. The summed E-state index contributed by atoms with van der Waals surface area (Å²) in [6.07, 6.45) is -1.16. The van der Waals surface area contributed by atoms with Gasteiger partial charge in [0.15, 0.2) is 5.13 Å². The molecule has 0 saturated heterocycles. The number of nitrogens with two attached hydrogens (primary N) is 1. The third-order valence-corrected chi connectivity index (χ3v) is 2.90. The number of nitrogens with one attached hydrogen (secondary N) is 1. The zero-order chi connectivity index (χ0) is 17.6. The number of carboxylic acids is 1. The van der Waals surface area contributed by atoms with Crippen molar-refractivity contribution in [1.29, 1.82) is 0 Å². The van der Waals surface area contributed by atoms with Crippen LogP contribution in [-0.2, 0) is 14.4 Å². The SMILES string of the molecule is C[C@@H](CNC(=O)OC(C)(C)C)ON=C(C(=O)O)c1csc(N)n1. The van der Waals surface area contributed by atoms with E-state index in [-0.39, 0.29) is 23.1 Å². The van der Waals surface area contributed by atoms with Gasteiger partial charge in [0.1, 0.15) is 17.4 Å². The number of ether oxygens (including phenoxy) is 1. The van der Waals surface area contributed by atoms with Crippen LogP contribution in [0.25, 0.3) is 0 Å². The van der Waals surface area contributed by atoms with Crippen LogP contribution in [0.15, 0.2) is 10.5 Å². The van der Waals surface area contributed by atoms with Crippen LogP contribution in [0.3, 0.4) is 0 Å². The molecule has 1 atom stereocenters. The molecule has 4 N–H and O–H groups in total. The number of alkyl carbamates (subject to hydrolysis) is 1. The van der Waals surface area contributed by atoms with Crippen molar-refractivity contribution < 1.29 is 24.3 Å². The normalized spacial score (nSPS) is 13.3. The average molecular weight is 344 g/mol. The lowest BCUT2D eigenvalue weighted by molar-refractivity contribution is -0.129. The highest BCUT2D eigenvalue weighted by Crippen LogP contribution is 2.12. The maximum Gasteiger partial charge on any atom is 0.407 e. The molecule has 1 amide bonds. The van der Waals surface area contributed by atoms with Gasteiger partial charge >= 0.3 is 12.1 Å². The number of carbonyl (C=O) groups excluding carboxylic acids is 1. The first-order chi connectivity index (χ1) is 10.6. The van der Waals surface area contributed by atoms with Gasteiger partial charge in [0.2, 0.25) is 5.71 Å². The van der Waals surface area contributed by atoms with Crippen molar-refractivity contribution in [3.8, 4) is 0 Å². The van der Waals surface area contributed by atoms with Crippen molar-refractivity contribution in [2.24, 2.45) is 5.16 Å². The molecule has 0 saturated carbocycles. The molecular weight excluding hydrogens is 324 g/mol. The number of carboxylic acid groups (broad SMARTS) is 1. The Morgan fingerprint density at radius 3 is 2.65 bits per heavy atom. The number of amides is 1. The molecule has 0 radical (unpaired) electrons. The number of nitrogen functional groups attached to an aromatic ring is 1. The summed E-state index contributed by atoms with van der Waals surface area (Å²) >= 11 is 1.10. The van der Waals surface area contributed by atoms with Crippen molar-refractivity contribution in [1.82, 2.24) is 10.3 Å². The van der Waals surface area contributed by atoms with Gasteiger partial charge in [-0.15, -0.1) is 11.3 Å². The fourth-order valence-electron chi connectivity index (χ4n) is 1.31. The number of oxime groups is 1. The standard InChI is InChI=1S/C13H20N4O5S/c1-7(5-15-12(20)21-13(2,3)4)22-17-9(10(18)19)8-6-23-11(14)16-8/h6-7H,5H2,1-4H3,(H2,14,16)(H,15,20)(H,18,19)/t7-/m0/s1. The Morgan fingerprint density at radius 1 is 1.52 bits per heavy atom. The Morgan fingerprint density at radius 2 is 2.17 bits per heavy atom. The average Bonchev–Trinajstić information content (AvgIpc) is 2.80. The van der Waals surface area contributed by atoms with E-state index in [0.717, 1.165) is 11.3 Å². The highest BCUT2D eigenvalue weighted by molar-refractivity contribution is 7.13. The van der Waals surface area contributed by atoms with Gasteiger partial charge < -0.3 is 25.7 Å². The molecule has 1 aromatic heterocycles. The molecule has 0 bridgehead atoms. The third-order valence-electron chi connectivity index (χ3n) is 2.22. The van der Waals surface area contributed by atoms with E-state index in [9.17, 15) is 9.59 Å². The first kappa shape index (κ1) is 18.7. The summed E-state index contributed by atoms with van der Waals surface area (Å²) in [6, 6.07) is 0. The van der Waals surface area contributed by atoms with E-state index >= 15 is 0 Å². The van der Waals surface area contributed by atoms with Gasteiger partial charge in [-0.3, -0.25) is 0 Å². The topological polar surface area (TPSA) is 136 Å². The minimum Gasteiger partial charge on any atom is -0.476 e. The second-order valence-electron chi connectivity index (χ2n) is 5.61. The molecule has 10 heteroatoms. The molecule has 1 rings (SSSR count). The molecule has 0 aliphatic rings. The summed E-state index contributed by atoms with van der Waals surface area (Å²) in [5.74, 6) is -1.29. The Kier molecular flexibility index (Phi) is 6.31. The summed E-state index contributed by atoms with van der Waals surface area (Å²) in [5.41, 5.74) is 4.62. The van der Waals surface area contributed by atoms with E-state index in [4.69, 9.17) is 20.4 Å². The van der Waals surface area contributed by atoms with Crippen LogP contribution in [0.1, 0.15) is 33.4 Å². The second-order valence-corrected chi connectivity index (χ2v) is 6.50. The summed E-state index contributed by atoms with van der Waals surface area (Å²) in [7, 11) is 0. The zero-order valence-corrected chi connectivity index (χ0v) is 14.1. The molecule has 0 aliphatic carbocycles. The van der Waals surface area contributed by atoms with E-state index in [0.29, 0.717) is 0 Å². The molecule has 0 aromatic carbocycles. The fraction of sp³-hybridized carbons (Fsp3) is 0.538. The van der Waals surface area contributed by atoms with Crippen LogP contribution in [0.5, 0.6) is 0 Å². The van der Waals surface area contributed by atoms with E-state index in [2.05, 4.69) is 15.5 Å². The van der Waals surface area contributed by atoms with Gasteiger partial charge in [-0.1, -0.05) is 5.16 Å². The van der Waals surface area contributed by atoms with Crippen LogP contribution >= 0.6 is 11.3 Å². The number of nitrogens with zero attached hydrogens (tertiary/aromatic N) is 2. The summed E-state index contributed by atoms with van der Waals surface area (Å²) in [4.78, 5) is 31.6. The number of carbonyl (C=O) groups is 2. The maximum absolute atomic E-state index is 11.5. The second kappa shape index (κ2) is 7.77. The van der Waals surface area contributed by atoms with E-state index in [1.807, 2.05) is 0 Å². The van der Waals surface area contributed by atoms with Crippen LogP contribution in [0, 0.1) is 0 Å². The summed E-state index contributed by atoms with van der Waals surface area (Å²) < 4.78 is 5.07. The van der Waals surface area contributed by atoms with Gasteiger partial charge in [0.25, 0.3) is 0 Å². The highest BCUT2D eigenvalue weighted by atomic mass is 32.1.